The fourth-order valence-corrected chi connectivity index (χ4v) is 5.59. The van der Waals surface area contributed by atoms with Crippen molar-refractivity contribution in [3.63, 3.8) is 0 Å². The third kappa shape index (κ3) is 3.73. The van der Waals surface area contributed by atoms with Gasteiger partial charge in [-0.25, -0.2) is 4.98 Å². The Balaban J connectivity index is 1.49. The molecule has 3 heterocycles. The number of carbonyl (C=O) groups is 2. The van der Waals surface area contributed by atoms with E-state index in [9.17, 15) is 9.59 Å². The van der Waals surface area contributed by atoms with Crippen molar-refractivity contribution < 1.29 is 14.3 Å². The molecule has 0 radical (unpaired) electrons. The molecule has 3 aromatic rings. The van der Waals surface area contributed by atoms with E-state index < -0.39 is 5.41 Å². The summed E-state index contributed by atoms with van der Waals surface area (Å²) in [6, 6.07) is 12.7. The molecule has 0 aliphatic carbocycles. The van der Waals surface area contributed by atoms with E-state index in [1.165, 1.54) is 0 Å². The first-order chi connectivity index (χ1) is 16.0. The van der Waals surface area contributed by atoms with Gasteiger partial charge in [0.25, 0.3) is 0 Å². The number of nitrogens with zero attached hydrogens (tertiary/aromatic N) is 3. The van der Waals surface area contributed by atoms with Crippen LogP contribution in [-0.2, 0) is 15.0 Å². The minimum absolute atomic E-state index is 0.0101. The Labute approximate surface area is 200 Å². The topological polar surface area (TPSA) is 74.8 Å². The molecule has 5 rings (SSSR count). The number of benzene rings is 2. The summed E-state index contributed by atoms with van der Waals surface area (Å²) in [4.78, 5) is 35.5. The number of ether oxygens (including phenoxy) is 1. The maximum absolute atomic E-state index is 13.6. The van der Waals surface area contributed by atoms with Gasteiger partial charge in [-0.1, -0.05) is 29.8 Å². The molecule has 2 aliphatic heterocycles. The molecule has 33 heavy (non-hydrogen) atoms. The van der Waals surface area contributed by atoms with Crippen molar-refractivity contribution in [2.75, 3.05) is 43.5 Å². The minimum Gasteiger partial charge on any atom is -0.496 e. The summed E-state index contributed by atoms with van der Waals surface area (Å²) in [5, 5.41) is 6.38. The Kier molecular flexibility index (Phi) is 5.72. The summed E-state index contributed by atoms with van der Waals surface area (Å²) in [6.45, 7) is 2.56. The fourth-order valence-electron chi connectivity index (χ4n) is 4.72. The van der Waals surface area contributed by atoms with E-state index in [1.807, 2.05) is 34.5 Å². The second-order valence-corrected chi connectivity index (χ2v) is 9.42. The van der Waals surface area contributed by atoms with Crippen LogP contribution in [0.4, 0.5) is 10.8 Å². The van der Waals surface area contributed by atoms with Crippen molar-refractivity contribution in [2.45, 2.75) is 11.8 Å². The van der Waals surface area contributed by atoms with Crippen LogP contribution in [0.25, 0.3) is 0 Å². The molecule has 2 aromatic carbocycles. The second kappa shape index (κ2) is 8.68. The number of methoxy groups -OCH3 is 1. The number of hydrogen-bond donors (Lipinski definition) is 1. The van der Waals surface area contributed by atoms with Crippen LogP contribution in [0.5, 0.6) is 5.75 Å². The van der Waals surface area contributed by atoms with E-state index >= 15 is 0 Å². The normalized spacial score (nSPS) is 19.9. The number of fused-ring (bicyclic) bond motifs is 1. The van der Waals surface area contributed by atoms with Crippen LogP contribution in [0.3, 0.4) is 0 Å². The van der Waals surface area contributed by atoms with Crippen LogP contribution in [0.15, 0.2) is 54.0 Å². The summed E-state index contributed by atoms with van der Waals surface area (Å²) in [7, 11) is 1.57. The van der Waals surface area contributed by atoms with Crippen LogP contribution in [0.1, 0.15) is 17.5 Å². The number of halogens is 1. The predicted octanol–water partition coefficient (Wildman–Crippen LogP) is 3.78. The maximum Gasteiger partial charge on any atom is 0.240 e. The van der Waals surface area contributed by atoms with Gasteiger partial charge in [0.15, 0.2) is 5.13 Å². The van der Waals surface area contributed by atoms with Crippen molar-refractivity contribution >= 4 is 45.6 Å². The number of anilines is 2. The van der Waals surface area contributed by atoms with Gasteiger partial charge in [0, 0.05) is 60.5 Å². The number of para-hydroxylation sites is 1. The first-order valence-corrected chi connectivity index (χ1v) is 12.0. The van der Waals surface area contributed by atoms with Crippen molar-refractivity contribution in [3.05, 3.63) is 70.2 Å². The van der Waals surface area contributed by atoms with Crippen molar-refractivity contribution in [1.82, 2.24) is 9.88 Å². The van der Waals surface area contributed by atoms with E-state index in [0.29, 0.717) is 53.8 Å². The van der Waals surface area contributed by atoms with Gasteiger partial charge in [-0.3, -0.25) is 9.59 Å². The van der Waals surface area contributed by atoms with E-state index in [0.717, 1.165) is 5.13 Å². The van der Waals surface area contributed by atoms with E-state index in [4.69, 9.17) is 16.3 Å². The lowest BCUT2D eigenvalue weighted by Crippen LogP contribution is -2.51. The Morgan fingerprint density at radius 2 is 1.97 bits per heavy atom. The third-order valence-corrected chi connectivity index (χ3v) is 7.45. The number of carbonyl (C=O) groups excluding carboxylic acids is 2. The largest absolute Gasteiger partial charge is 0.496 e. The highest BCUT2D eigenvalue weighted by atomic mass is 35.5. The maximum atomic E-state index is 13.6. The number of aromatic nitrogens is 1. The van der Waals surface area contributed by atoms with Gasteiger partial charge in [-0.05, 0) is 29.8 Å². The molecule has 1 fully saturated rings. The molecule has 9 heteroatoms. The number of nitrogens with one attached hydrogen (secondary N) is 1. The van der Waals surface area contributed by atoms with E-state index in [1.54, 1.807) is 42.8 Å². The number of piperazine rings is 1. The summed E-state index contributed by atoms with van der Waals surface area (Å²) in [6.07, 6.45) is 1.78. The molecule has 0 bridgehead atoms. The van der Waals surface area contributed by atoms with E-state index in [-0.39, 0.29) is 18.2 Å². The lowest BCUT2D eigenvalue weighted by atomic mass is 9.72. The average Bonchev–Trinajstić information content (AvgIpc) is 3.47. The third-order valence-electron chi connectivity index (χ3n) is 6.38. The van der Waals surface area contributed by atoms with Gasteiger partial charge < -0.3 is 19.9 Å². The van der Waals surface area contributed by atoms with Crippen LogP contribution in [0, 0.1) is 0 Å². The molecule has 1 aromatic heterocycles. The van der Waals surface area contributed by atoms with Gasteiger partial charge in [0.2, 0.25) is 11.8 Å². The van der Waals surface area contributed by atoms with Crippen LogP contribution >= 0.6 is 22.9 Å². The van der Waals surface area contributed by atoms with Gasteiger partial charge in [0.1, 0.15) is 11.2 Å². The molecular weight excluding hydrogens is 460 g/mol. The lowest BCUT2D eigenvalue weighted by molar-refractivity contribution is -0.135. The highest BCUT2D eigenvalue weighted by molar-refractivity contribution is 7.13. The SMILES string of the molecule is COc1ccccc1C1(CC(=O)N2CCN(c3nccs3)CC2)C(=O)Nc2ccc(Cl)cc21. The van der Waals surface area contributed by atoms with Crippen LogP contribution < -0.4 is 15.0 Å². The summed E-state index contributed by atoms with van der Waals surface area (Å²) >= 11 is 7.93. The van der Waals surface area contributed by atoms with Gasteiger partial charge in [-0.15, -0.1) is 11.3 Å². The first-order valence-electron chi connectivity index (χ1n) is 10.7. The van der Waals surface area contributed by atoms with Crippen molar-refractivity contribution in [1.29, 1.82) is 0 Å². The lowest BCUT2D eigenvalue weighted by Gasteiger charge is -2.37. The minimum atomic E-state index is -1.23. The average molecular weight is 483 g/mol. The van der Waals surface area contributed by atoms with Gasteiger partial charge >= 0.3 is 0 Å². The van der Waals surface area contributed by atoms with Crippen LogP contribution in [-0.4, -0.2) is 55.0 Å². The molecule has 1 N–H and O–H groups in total. The second-order valence-electron chi connectivity index (χ2n) is 8.11. The number of hydrogen-bond acceptors (Lipinski definition) is 6. The summed E-state index contributed by atoms with van der Waals surface area (Å²) < 4.78 is 5.61. The Bertz CT molecular complexity index is 1190. The Morgan fingerprint density at radius 1 is 1.18 bits per heavy atom. The molecule has 1 unspecified atom stereocenters. The zero-order valence-corrected chi connectivity index (χ0v) is 19.7. The van der Waals surface area contributed by atoms with Crippen LogP contribution in [0.2, 0.25) is 5.02 Å². The molecule has 2 amide bonds. The number of amides is 2. The van der Waals surface area contributed by atoms with Gasteiger partial charge in [-0.2, -0.15) is 0 Å². The smallest absolute Gasteiger partial charge is 0.240 e. The molecule has 0 spiro atoms. The summed E-state index contributed by atoms with van der Waals surface area (Å²) in [5.41, 5.74) is 0.785. The number of rotatable bonds is 5. The first kappa shape index (κ1) is 21.7. The monoisotopic (exact) mass is 482 g/mol. The zero-order chi connectivity index (χ0) is 23.0. The predicted molar refractivity (Wildman–Crippen MR) is 129 cm³/mol. The van der Waals surface area contributed by atoms with E-state index in [2.05, 4.69) is 15.2 Å². The summed E-state index contributed by atoms with van der Waals surface area (Å²) in [5.74, 6) is 0.226. The van der Waals surface area contributed by atoms with Crippen molar-refractivity contribution in [2.24, 2.45) is 0 Å². The highest BCUT2D eigenvalue weighted by Crippen LogP contribution is 2.49. The molecule has 7 nitrogen and oxygen atoms in total. The quantitative estimate of drug-likeness (QED) is 0.599. The molecule has 1 atom stereocenters. The molecule has 0 saturated carbocycles. The Morgan fingerprint density at radius 3 is 2.70 bits per heavy atom. The molecule has 1 saturated heterocycles. The Hall–Kier alpha value is -3.10. The number of thiazole rings is 1. The fraction of sp³-hybridized carbons (Fsp3) is 0.292. The molecular formula is C24H23ClN4O3S. The van der Waals surface area contributed by atoms with Crippen molar-refractivity contribution in [3.8, 4) is 5.75 Å². The standard InChI is InChI=1S/C24H23ClN4O3S/c1-32-20-5-3-2-4-17(20)24(18-14-16(25)6-7-19(18)27-22(24)31)15-21(30)28-9-11-29(12-10-28)23-26-8-13-33-23/h2-8,13-14H,9-12,15H2,1H3,(H,27,31). The highest BCUT2D eigenvalue weighted by Gasteiger charge is 2.51. The molecule has 170 valence electrons. The van der Waals surface area contributed by atoms with Gasteiger partial charge in [0.05, 0.1) is 7.11 Å². The molecule has 2 aliphatic rings. The zero-order valence-electron chi connectivity index (χ0n) is 18.1.